The fourth-order valence-corrected chi connectivity index (χ4v) is 1.08. The first-order chi connectivity index (χ1) is 7.41. The number of carbonyl (C=O) groups is 1. The van der Waals surface area contributed by atoms with Gasteiger partial charge in [-0.3, -0.25) is 4.79 Å². The summed E-state index contributed by atoms with van der Waals surface area (Å²) < 4.78 is 26.0. The smallest absolute Gasteiger partial charge is 0.254 e. The fourth-order valence-electron chi connectivity index (χ4n) is 1.08. The monoisotopic (exact) mass is 230 g/mol. The SMILES string of the molecule is C[C@H](O)CNC(=O)c1cc(N)c(F)cc1F. The minimum Gasteiger partial charge on any atom is -0.396 e. The van der Waals surface area contributed by atoms with E-state index < -0.39 is 23.6 Å². The first-order valence-electron chi connectivity index (χ1n) is 4.62. The van der Waals surface area contributed by atoms with Gasteiger partial charge in [0.25, 0.3) is 5.91 Å². The van der Waals surface area contributed by atoms with Gasteiger partial charge in [0.05, 0.1) is 17.4 Å². The number of hydrogen-bond acceptors (Lipinski definition) is 3. The Morgan fingerprint density at radius 2 is 2.12 bits per heavy atom. The molecule has 6 heteroatoms. The number of amides is 1. The van der Waals surface area contributed by atoms with Crippen molar-refractivity contribution in [3.63, 3.8) is 0 Å². The predicted octanol–water partition coefficient (Wildman–Crippen LogP) is 0.658. The van der Waals surface area contributed by atoms with E-state index in [9.17, 15) is 13.6 Å². The fraction of sp³-hybridized carbons (Fsp3) is 0.300. The molecule has 0 saturated carbocycles. The van der Waals surface area contributed by atoms with Crippen molar-refractivity contribution in [3.8, 4) is 0 Å². The van der Waals surface area contributed by atoms with Crippen molar-refractivity contribution in [2.75, 3.05) is 12.3 Å². The lowest BCUT2D eigenvalue weighted by Crippen LogP contribution is -2.31. The van der Waals surface area contributed by atoms with Gasteiger partial charge in [0.1, 0.15) is 11.6 Å². The van der Waals surface area contributed by atoms with Crippen LogP contribution in [0.3, 0.4) is 0 Å². The molecule has 4 N–H and O–H groups in total. The Kier molecular flexibility index (Phi) is 3.78. The summed E-state index contributed by atoms with van der Waals surface area (Å²) in [6.45, 7) is 1.45. The average molecular weight is 230 g/mol. The molecule has 1 rings (SSSR count). The van der Waals surface area contributed by atoms with Crippen molar-refractivity contribution in [2.45, 2.75) is 13.0 Å². The third kappa shape index (κ3) is 2.90. The minimum atomic E-state index is -0.991. The van der Waals surface area contributed by atoms with E-state index in [1.165, 1.54) is 6.92 Å². The van der Waals surface area contributed by atoms with Crippen LogP contribution in [0.15, 0.2) is 12.1 Å². The highest BCUT2D eigenvalue weighted by Crippen LogP contribution is 2.16. The van der Waals surface area contributed by atoms with E-state index >= 15 is 0 Å². The summed E-state index contributed by atoms with van der Waals surface area (Å²) in [6.07, 6.45) is -0.746. The Labute approximate surface area is 91.1 Å². The van der Waals surface area contributed by atoms with Gasteiger partial charge in [0, 0.05) is 12.6 Å². The Balaban J connectivity index is 2.87. The molecule has 1 atom stereocenters. The number of aliphatic hydroxyl groups is 1. The summed E-state index contributed by atoms with van der Waals surface area (Å²) in [6, 6.07) is 1.47. The lowest BCUT2D eigenvalue weighted by Gasteiger charge is -2.08. The number of hydrogen-bond donors (Lipinski definition) is 3. The van der Waals surface area contributed by atoms with Crippen LogP contribution in [0.4, 0.5) is 14.5 Å². The van der Waals surface area contributed by atoms with E-state index in [0.717, 1.165) is 6.07 Å². The molecule has 1 amide bonds. The van der Waals surface area contributed by atoms with Crippen LogP contribution in [0.25, 0.3) is 0 Å². The molecule has 0 aromatic heterocycles. The van der Waals surface area contributed by atoms with E-state index in [1.54, 1.807) is 0 Å². The lowest BCUT2D eigenvalue weighted by molar-refractivity contribution is 0.0920. The Bertz CT molecular complexity index is 408. The van der Waals surface area contributed by atoms with Gasteiger partial charge in [0.15, 0.2) is 0 Å². The molecule has 0 spiro atoms. The first-order valence-corrected chi connectivity index (χ1v) is 4.62. The molecule has 0 radical (unpaired) electrons. The highest BCUT2D eigenvalue weighted by Gasteiger charge is 2.14. The van der Waals surface area contributed by atoms with Gasteiger partial charge >= 0.3 is 0 Å². The summed E-state index contributed by atoms with van der Waals surface area (Å²) in [7, 11) is 0. The van der Waals surface area contributed by atoms with Crippen LogP contribution in [-0.4, -0.2) is 23.7 Å². The van der Waals surface area contributed by atoms with E-state index in [2.05, 4.69) is 5.32 Å². The second-order valence-electron chi connectivity index (χ2n) is 3.41. The van der Waals surface area contributed by atoms with Gasteiger partial charge in [-0.05, 0) is 13.0 Å². The number of carbonyl (C=O) groups excluding carboxylic acids is 1. The number of halogens is 2. The minimum absolute atomic E-state index is 0.0183. The molecule has 0 unspecified atom stereocenters. The van der Waals surface area contributed by atoms with Gasteiger partial charge in [-0.15, -0.1) is 0 Å². The van der Waals surface area contributed by atoms with Crippen LogP contribution < -0.4 is 11.1 Å². The van der Waals surface area contributed by atoms with Gasteiger partial charge in [-0.1, -0.05) is 0 Å². The number of anilines is 1. The van der Waals surface area contributed by atoms with Crippen LogP contribution >= 0.6 is 0 Å². The number of benzene rings is 1. The molecule has 16 heavy (non-hydrogen) atoms. The van der Waals surface area contributed by atoms with Gasteiger partial charge in [-0.25, -0.2) is 8.78 Å². The van der Waals surface area contributed by atoms with E-state index in [-0.39, 0.29) is 17.8 Å². The number of nitrogen functional groups attached to an aromatic ring is 1. The van der Waals surface area contributed by atoms with Gasteiger partial charge in [0.2, 0.25) is 0 Å². The summed E-state index contributed by atoms with van der Waals surface area (Å²) in [4.78, 5) is 11.4. The maximum absolute atomic E-state index is 13.2. The van der Waals surface area contributed by atoms with Gasteiger partial charge < -0.3 is 16.2 Å². The molecule has 0 aliphatic carbocycles. The lowest BCUT2D eigenvalue weighted by atomic mass is 10.1. The van der Waals surface area contributed by atoms with Crippen molar-refractivity contribution < 1.29 is 18.7 Å². The number of aliphatic hydroxyl groups excluding tert-OH is 1. The van der Waals surface area contributed by atoms with Crippen LogP contribution in [-0.2, 0) is 0 Å². The maximum Gasteiger partial charge on any atom is 0.254 e. The molecule has 1 aromatic carbocycles. The molecular weight excluding hydrogens is 218 g/mol. The molecule has 0 saturated heterocycles. The Morgan fingerprint density at radius 3 is 2.69 bits per heavy atom. The molecule has 4 nitrogen and oxygen atoms in total. The zero-order valence-corrected chi connectivity index (χ0v) is 8.63. The Morgan fingerprint density at radius 1 is 1.50 bits per heavy atom. The van der Waals surface area contributed by atoms with E-state index in [4.69, 9.17) is 10.8 Å². The van der Waals surface area contributed by atoms with Crippen molar-refractivity contribution in [1.82, 2.24) is 5.32 Å². The van der Waals surface area contributed by atoms with E-state index in [0.29, 0.717) is 6.07 Å². The zero-order valence-electron chi connectivity index (χ0n) is 8.63. The number of nitrogens with one attached hydrogen (secondary N) is 1. The molecule has 1 aromatic rings. The quantitative estimate of drug-likeness (QED) is 0.667. The summed E-state index contributed by atoms with van der Waals surface area (Å²) in [5.74, 6) is -2.65. The molecule has 0 aliphatic rings. The number of nitrogens with two attached hydrogens (primary N) is 1. The highest BCUT2D eigenvalue weighted by atomic mass is 19.1. The second-order valence-corrected chi connectivity index (χ2v) is 3.41. The summed E-state index contributed by atoms with van der Waals surface area (Å²) in [5.41, 5.74) is 4.56. The molecular formula is C10H12F2N2O2. The van der Waals surface area contributed by atoms with Gasteiger partial charge in [-0.2, -0.15) is 0 Å². The topological polar surface area (TPSA) is 75.3 Å². The normalized spacial score (nSPS) is 12.2. The standard InChI is InChI=1S/C10H12F2N2O2/c1-5(15)4-14-10(16)6-2-9(13)8(12)3-7(6)11/h2-3,5,15H,4,13H2,1H3,(H,14,16)/t5-/m0/s1. The highest BCUT2D eigenvalue weighted by molar-refractivity contribution is 5.95. The molecule has 0 fully saturated rings. The third-order valence-corrected chi connectivity index (χ3v) is 1.89. The zero-order chi connectivity index (χ0) is 12.3. The van der Waals surface area contributed by atoms with Crippen molar-refractivity contribution in [3.05, 3.63) is 29.3 Å². The molecule has 0 aliphatic heterocycles. The van der Waals surface area contributed by atoms with Crippen molar-refractivity contribution in [1.29, 1.82) is 0 Å². The van der Waals surface area contributed by atoms with Crippen LogP contribution in [0.1, 0.15) is 17.3 Å². The van der Waals surface area contributed by atoms with Crippen molar-refractivity contribution in [2.24, 2.45) is 0 Å². The van der Waals surface area contributed by atoms with E-state index in [1.807, 2.05) is 0 Å². The summed E-state index contributed by atoms with van der Waals surface area (Å²) in [5, 5.41) is 11.2. The van der Waals surface area contributed by atoms with Crippen LogP contribution in [0.5, 0.6) is 0 Å². The first kappa shape index (κ1) is 12.4. The summed E-state index contributed by atoms with van der Waals surface area (Å²) >= 11 is 0. The molecule has 0 bridgehead atoms. The maximum atomic E-state index is 13.2. The molecule has 88 valence electrons. The second kappa shape index (κ2) is 4.89. The largest absolute Gasteiger partial charge is 0.396 e. The van der Waals surface area contributed by atoms with Crippen molar-refractivity contribution >= 4 is 11.6 Å². The van der Waals surface area contributed by atoms with Crippen LogP contribution in [0, 0.1) is 11.6 Å². The third-order valence-electron chi connectivity index (χ3n) is 1.89. The average Bonchev–Trinajstić information content (AvgIpc) is 2.20. The predicted molar refractivity (Wildman–Crippen MR) is 54.8 cm³/mol. The number of rotatable bonds is 3. The van der Waals surface area contributed by atoms with Crippen LogP contribution in [0.2, 0.25) is 0 Å². The molecule has 0 heterocycles. The Hall–Kier alpha value is -1.69.